The van der Waals surface area contributed by atoms with E-state index in [0.717, 1.165) is 5.56 Å². The largest absolute Gasteiger partial charge is 0.468 e. The summed E-state index contributed by atoms with van der Waals surface area (Å²) in [6.07, 6.45) is 0.477. The van der Waals surface area contributed by atoms with Gasteiger partial charge < -0.3 is 14.5 Å². The number of hydrogen-bond donors (Lipinski definition) is 0. The predicted molar refractivity (Wildman–Crippen MR) is 99.8 cm³/mol. The molecule has 3 heterocycles. The van der Waals surface area contributed by atoms with E-state index < -0.39 is 5.41 Å². The SMILES string of the molecule is COC(=O)C1(c2ccccc2)CCN(C(=O)c2cc3n(n2)CCN(C)C3=O)C1. The summed E-state index contributed by atoms with van der Waals surface area (Å²) in [4.78, 5) is 41.2. The zero-order valence-corrected chi connectivity index (χ0v) is 15.9. The molecule has 4 rings (SSSR count). The first-order valence-electron chi connectivity index (χ1n) is 9.23. The molecule has 0 radical (unpaired) electrons. The number of esters is 1. The molecule has 0 spiro atoms. The van der Waals surface area contributed by atoms with Crippen molar-refractivity contribution in [3.05, 3.63) is 53.3 Å². The van der Waals surface area contributed by atoms with Crippen LogP contribution in [0.5, 0.6) is 0 Å². The van der Waals surface area contributed by atoms with Crippen molar-refractivity contribution in [2.45, 2.75) is 18.4 Å². The van der Waals surface area contributed by atoms with Crippen LogP contribution in [0, 0.1) is 0 Å². The van der Waals surface area contributed by atoms with E-state index in [-0.39, 0.29) is 30.0 Å². The van der Waals surface area contributed by atoms with E-state index in [1.807, 2.05) is 30.3 Å². The van der Waals surface area contributed by atoms with E-state index >= 15 is 0 Å². The number of aromatic nitrogens is 2. The number of nitrogens with zero attached hydrogens (tertiary/aromatic N) is 4. The molecule has 146 valence electrons. The number of fused-ring (bicyclic) bond motifs is 1. The third kappa shape index (κ3) is 2.76. The van der Waals surface area contributed by atoms with Crippen LogP contribution in [0.25, 0.3) is 0 Å². The molecule has 2 aliphatic heterocycles. The number of methoxy groups -OCH3 is 1. The van der Waals surface area contributed by atoms with Crippen molar-refractivity contribution in [3.8, 4) is 0 Å². The highest BCUT2D eigenvalue weighted by Gasteiger charge is 2.48. The summed E-state index contributed by atoms with van der Waals surface area (Å²) < 4.78 is 6.65. The van der Waals surface area contributed by atoms with Gasteiger partial charge in [-0.2, -0.15) is 5.10 Å². The maximum absolute atomic E-state index is 13.1. The van der Waals surface area contributed by atoms with Crippen LogP contribution < -0.4 is 0 Å². The highest BCUT2D eigenvalue weighted by Crippen LogP contribution is 2.36. The van der Waals surface area contributed by atoms with Gasteiger partial charge in [-0.15, -0.1) is 0 Å². The van der Waals surface area contributed by atoms with Gasteiger partial charge in [0.2, 0.25) is 0 Å². The molecule has 1 aromatic carbocycles. The molecule has 0 N–H and O–H groups in total. The van der Waals surface area contributed by atoms with Crippen LogP contribution in [0.15, 0.2) is 36.4 Å². The Balaban J connectivity index is 1.61. The molecule has 1 saturated heterocycles. The molecule has 1 atom stereocenters. The Hall–Kier alpha value is -3.16. The lowest BCUT2D eigenvalue weighted by molar-refractivity contribution is -0.147. The van der Waals surface area contributed by atoms with Gasteiger partial charge in [0.1, 0.15) is 11.1 Å². The van der Waals surface area contributed by atoms with Gasteiger partial charge in [0.15, 0.2) is 5.69 Å². The molecule has 0 saturated carbocycles. The summed E-state index contributed by atoms with van der Waals surface area (Å²) in [7, 11) is 3.09. The molecule has 1 unspecified atom stereocenters. The number of carbonyl (C=O) groups is 3. The van der Waals surface area contributed by atoms with Crippen molar-refractivity contribution < 1.29 is 19.1 Å². The van der Waals surface area contributed by atoms with Crippen molar-refractivity contribution in [3.63, 3.8) is 0 Å². The average Bonchev–Trinajstić information content (AvgIpc) is 3.36. The summed E-state index contributed by atoms with van der Waals surface area (Å²) in [5.74, 6) is -0.776. The first-order chi connectivity index (χ1) is 13.5. The fraction of sp³-hybridized carbons (Fsp3) is 0.400. The lowest BCUT2D eigenvalue weighted by Crippen LogP contribution is -2.41. The molecular formula is C20H22N4O4. The Morgan fingerprint density at radius 2 is 1.89 bits per heavy atom. The number of likely N-dealkylation sites (N-methyl/N-ethyl adjacent to an activating group) is 1. The second kappa shape index (κ2) is 6.78. The van der Waals surface area contributed by atoms with Gasteiger partial charge in [-0.1, -0.05) is 30.3 Å². The van der Waals surface area contributed by atoms with Gasteiger partial charge in [-0.25, -0.2) is 0 Å². The van der Waals surface area contributed by atoms with E-state index in [0.29, 0.717) is 31.7 Å². The number of rotatable bonds is 3. The summed E-state index contributed by atoms with van der Waals surface area (Å²) in [6.45, 7) is 1.75. The van der Waals surface area contributed by atoms with Crippen molar-refractivity contribution in [1.29, 1.82) is 0 Å². The zero-order chi connectivity index (χ0) is 19.9. The Labute approximate surface area is 162 Å². The van der Waals surface area contributed by atoms with Crippen LogP contribution in [-0.4, -0.2) is 71.2 Å². The number of likely N-dealkylation sites (tertiary alicyclic amines) is 1. The number of carbonyl (C=O) groups excluding carboxylic acids is 3. The third-order valence-electron chi connectivity index (χ3n) is 5.67. The standard InChI is InChI=1S/C20H22N4O4/c1-22-10-11-24-16(18(22)26)12-15(21-24)17(25)23-9-8-20(13-23,19(27)28-2)14-6-4-3-5-7-14/h3-7,12H,8-11,13H2,1-2H3. The van der Waals surface area contributed by atoms with Gasteiger partial charge in [0.05, 0.1) is 13.7 Å². The van der Waals surface area contributed by atoms with Gasteiger partial charge in [-0.05, 0) is 12.0 Å². The van der Waals surface area contributed by atoms with Crippen LogP contribution in [0.3, 0.4) is 0 Å². The molecular weight excluding hydrogens is 360 g/mol. The lowest BCUT2D eigenvalue weighted by Gasteiger charge is -2.26. The first kappa shape index (κ1) is 18.2. The van der Waals surface area contributed by atoms with Gasteiger partial charge in [-0.3, -0.25) is 19.1 Å². The minimum Gasteiger partial charge on any atom is -0.468 e. The molecule has 8 heteroatoms. The zero-order valence-electron chi connectivity index (χ0n) is 15.9. The molecule has 0 aliphatic carbocycles. The van der Waals surface area contributed by atoms with Crippen LogP contribution in [0.4, 0.5) is 0 Å². The van der Waals surface area contributed by atoms with Crippen molar-refractivity contribution in [2.75, 3.05) is 33.8 Å². The van der Waals surface area contributed by atoms with E-state index in [1.54, 1.807) is 27.6 Å². The first-order valence-corrected chi connectivity index (χ1v) is 9.23. The lowest BCUT2D eigenvalue weighted by atomic mass is 9.79. The summed E-state index contributed by atoms with van der Waals surface area (Å²) >= 11 is 0. The monoisotopic (exact) mass is 382 g/mol. The molecule has 8 nitrogen and oxygen atoms in total. The van der Waals surface area contributed by atoms with E-state index in [9.17, 15) is 14.4 Å². The maximum Gasteiger partial charge on any atom is 0.318 e. The number of ether oxygens (including phenoxy) is 1. The smallest absolute Gasteiger partial charge is 0.318 e. The van der Waals surface area contributed by atoms with Crippen molar-refractivity contribution in [1.82, 2.24) is 19.6 Å². The Bertz CT molecular complexity index is 939. The van der Waals surface area contributed by atoms with E-state index in [2.05, 4.69) is 5.10 Å². The minimum atomic E-state index is -0.888. The second-order valence-electron chi connectivity index (χ2n) is 7.28. The van der Waals surface area contributed by atoms with Crippen LogP contribution >= 0.6 is 0 Å². The number of hydrogen-bond acceptors (Lipinski definition) is 5. The third-order valence-corrected chi connectivity index (χ3v) is 5.67. The van der Waals surface area contributed by atoms with Crippen molar-refractivity contribution >= 4 is 17.8 Å². The number of benzene rings is 1. The Kier molecular flexibility index (Phi) is 4.41. The molecule has 0 bridgehead atoms. The summed E-state index contributed by atoms with van der Waals surface area (Å²) in [6, 6.07) is 10.9. The van der Waals surface area contributed by atoms with Gasteiger partial charge >= 0.3 is 5.97 Å². The Morgan fingerprint density at radius 3 is 2.61 bits per heavy atom. The fourth-order valence-corrected chi connectivity index (χ4v) is 4.02. The van der Waals surface area contributed by atoms with Crippen LogP contribution in [0.2, 0.25) is 0 Å². The highest BCUT2D eigenvalue weighted by molar-refractivity contribution is 5.99. The molecule has 28 heavy (non-hydrogen) atoms. The van der Waals surface area contributed by atoms with Crippen LogP contribution in [-0.2, 0) is 21.5 Å². The maximum atomic E-state index is 13.1. The van der Waals surface area contributed by atoms with Crippen molar-refractivity contribution in [2.24, 2.45) is 0 Å². The molecule has 2 amide bonds. The normalized spacial score (nSPS) is 21.6. The van der Waals surface area contributed by atoms with Gasteiger partial charge in [0, 0.05) is 32.7 Å². The molecule has 2 aliphatic rings. The average molecular weight is 382 g/mol. The van der Waals surface area contributed by atoms with Gasteiger partial charge in [0.25, 0.3) is 11.8 Å². The predicted octanol–water partition coefficient (Wildman–Crippen LogP) is 0.926. The topological polar surface area (TPSA) is 84.7 Å². The second-order valence-corrected chi connectivity index (χ2v) is 7.28. The Morgan fingerprint density at radius 1 is 1.14 bits per heavy atom. The molecule has 2 aromatic rings. The molecule has 1 fully saturated rings. The highest BCUT2D eigenvalue weighted by atomic mass is 16.5. The van der Waals surface area contributed by atoms with E-state index in [1.165, 1.54) is 7.11 Å². The summed E-state index contributed by atoms with van der Waals surface area (Å²) in [5.41, 5.74) is 0.588. The fourth-order valence-electron chi connectivity index (χ4n) is 4.02. The summed E-state index contributed by atoms with van der Waals surface area (Å²) in [5, 5.41) is 4.33. The van der Waals surface area contributed by atoms with E-state index in [4.69, 9.17) is 4.74 Å². The quantitative estimate of drug-likeness (QED) is 0.737. The molecule has 1 aromatic heterocycles. The number of amides is 2. The van der Waals surface area contributed by atoms with Crippen LogP contribution in [0.1, 0.15) is 33.0 Å². The minimum absolute atomic E-state index is 0.146.